The molecule has 3 nitrogen and oxygen atoms in total. The number of thioether (sulfide) groups is 2. The molecule has 1 saturated heterocycles. The van der Waals surface area contributed by atoms with Crippen molar-refractivity contribution in [2.45, 2.75) is 43.2 Å². The van der Waals surface area contributed by atoms with Crippen LogP contribution in [0.5, 0.6) is 0 Å². The third-order valence-corrected chi connectivity index (χ3v) is 6.86. The second kappa shape index (κ2) is 7.60. The number of aryl methyl sites for hydroxylation is 1. The van der Waals surface area contributed by atoms with Gasteiger partial charge in [-0.05, 0) is 13.0 Å². The van der Waals surface area contributed by atoms with Crippen molar-refractivity contribution in [2.75, 3.05) is 18.1 Å². The monoisotopic (exact) mass is 299 g/mol. The summed E-state index contributed by atoms with van der Waals surface area (Å²) in [4.78, 5) is 4.49. The largest absolute Gasteiger partial charge is 0.338 e. The van der Waals surface area contributed by atoms with Gasteiger partial charge in [0.2, 0.25) is 0 Å². The van der Waals surface area contributed by atoms with E-state index < -0.39 is 0 Å². The maximum atomic E-state index is 4.49. The summed E-state index contributed by atoms with van der Waals surface area (Å²) < 4.78 is 2.14. The number of rotatable bonds is 6. The van der Waals surface area contributed by atoms with Crippen molar-refractivity contribution in [3.8, 4) is 0 Å². The molecule has 0 radical (unpaired) electrons. The number of nitrogens with zero attached hydrogens (tertiary/aromatic N) is 2. The van der Waals surface area contributed by atoms with Gasteiger partial charge in [-0.2, -0.15) is 23.5 Å². The SMILES string of the molecule is CCCNC(Cc1nccn1C)C1SCCSC1C. The van der Waals surface area contributed by atoms with E-state index in [2.05, 4.69) is 59.3 Å². The summed E-state index contributed by atoms with van der Waals surface area (Å²) in [6, 6.07) is 0.536. The summed E-state index contributed by atoms with van der Waals surface area (Å²) in [6.45, 7) is 5.71. The van der Waals surface area contributed by atoms with Gasteiger partial charge in [0.15, 0.2) is 0 Å². The second-order valence-electron chi connectivity index (χ2n) is 5.13. The molecule has 1 aliphatic rings. The van der Waals surface area contributed by atoms with Crippen LogP contribution in [0, 0.1) is 0 Å². The Labute approximate surface area is 125 Å². The molecule has 2 heterocycles. The predicted octanol–water partition coefficient (Wildman–Crippen LogP) is 2.57. The Balaban J connectivity index is 2.04. The van der Waals surface area contributed by atoms with E-state index in [1.165, 1.54) is 23.8 Å². The highest BCUT2D eigenvalue weighted by Gasteiger charge is 2.30. The lowest BCUT2D eigenvalue weighted by molar-refractivity contribution is 0.473. The lowest BCUT2D eigenvalue weighted by atomic mass is 10.1. The van der Waals surface area contributed by atoms with E-state index >= 15 is 0 Å². The Morgan fingerprint density at radius 1 is 1.47 bits per heavy atom. The van der Waals surface area contributed by atoms with Gasteiger partial charge in [0, 0.05) is 53.9 Å². The summed E-state index contributed by atoms with van der Waals surface area (Å²) in [7, 11) is 2.09. The number of nitrogens with one attached hydrogen (secondary N) is 1. The maximum Gasteiger partial charge on any atom is 0.109 e. The average Bonchev–Trinajstić information content (AvgIpc) is 2.81. The van der Waals surface area contributed by atoms with Crippen LogP contribution in [0.3, 0.4) is 0 Å². The first-order chi connectivity index (χ1) is 9.22. The van der Waals surface area contributed by atoms with Gasteiger partial charge in [-0.3, -0.25) is 0 Å². The lowest BCUT2D eigenvalue weighted by Gasteiger charge is -2.35. The molecule has 1 N–H and O–H groups in total. The van der Waals surface area contributed by atoms with Crippen LogP contribution in [0.25, 0.3) is 0 Å². The second-order valence-corrected chi connectivity index (χ2v) is 7.90. The van der Waals surface area contributed by atoms with E-state index in [0.29, 0.717) is 11.3 Å². The zero-order valence-electron chi connectivity index (χ0n) is 12.1. The molecule has 19 heavy (non-hydrogen) atoms. The van der Waals surface area contributed by atoms with Gasteiger partial charge in [-0.15, -0.1) is 0 Å². The van der Waals surface area contributed by atoms with Crippen molar-refractivity contribution in [3.63, 3.8) is 0 Å². The van der Waals surface area contributed by atoms with E-state index in [1.54, 1.807) is 0 Å². The minimum atomic E-state index is 0.536. The molecule has 5 heteroatoms. The molecular weight excluding hydrogens is 274 g/mol. The first-order valence-corrected chi connectivity index (χ1v) is 9.25. The summed E-state index contributed by atoms with van der Waals surface area (Å²) in [5, 5.41) is 5.17. The van der Waals surface area contributed by atoms with E-state index in [0.717, 1.165) is 18.2 Å². The molecule has 1 aromatic heterocycles. The molecule has 0 aromatic carbocycles. The van der Waals surface area contributed by atoms with Gasteiger partial charge in [-0.1, -0.05) is 13.8 Å². The van der Waals surface area contributed by atoms with Gasteiger partial charge in [0.05, 0.1) is 0 Å². The molecular formula is C14H25N3S2. The molecule has 0 bridgehead atoms. The number of aromatic nitrogens is 2. The number of imidazole rings is 1. The molecule has 3 unspecified atom stereocenters. The van der Waals surface area contributed by atoms with Crippen molar-refractivity contribution in [2.24, 2.45) is 7.05 Å². The van der Waals surface area contributed by atoms with Crippen LogP contribution in [-0.2, 0) is 13.5 Å². The summed E-state index contributed by atoms with van der Waals surface area (Å²) in [5.74, 6) is 3.77. The van der Waals surface area contributed by atoms with Gasteiger partial charge >= 0.3 is 0 Å². The third kappa shape index (κ3) is 4.17. The standard InChI is InChI=1S/C14H25N3S2/c1-4-5-15-12(10-13-16-6-7-17(13)3)14-11(2)18-8-9-19-14/h6-7,11-12,14-15H,4-5,8-10H2,1-3H3. The summed E-state index contributed by atoms with van der Waals surface area (Å²) >= 11 is 4.25. The summed E-state index contributed by atoms with van der Waals surface area (Å²) in [6.07, 6.45) is 6.17. The zero-order valence-corrected chi connectivity index (χ0v) is 13.8. The molecule has 1 fully saturated rings. The third-order valence-electron chi connectivity index (χ3n) is 3.61. The van der Waals surface area contributed by atoms with E-state index in [-0.39, 0.29) is 0 Å². The van der Waals surface area contributed by atoms with Gasteiger partial charge in [0.1, 0.15) is 5.82 Å². The lowest BCUT2D eigenvalue weighted by Crippen LogP contribution is -2.46. The fourth-order valence-corrected chi connectivity index (χ4v) is 5.48. The molecule has 0 spiro atoms. The molecule has 0 amide bonds. The highest BCUT2D eigenvalue weighted by Crippen LogP contribution is 2.33. The van der Waals surface area contributed by atoms with Crippen LogP contribution < -0.4 is 5.32 Å². The Morgan fingerprint density at radius 3 is 2.89 bits per heavy atom. The van der Waals surface area contributed by atoms with Crippen LogP contribution in [0.4, 0.5) is 0 Å². The van der Waals surface area contributed by atoms with Crippen LogP contribution in [0.15, 0.2) is 12.4 Å². The molecule has 3 atom stereocenters. The minimum Gasteiger partial charge on any atom is -0.338 e. The molecule has 0 aliphatic carbocycles. The van der Waals surface area contributed by atoms with Crippen molar-refractivity contribution in [3.05, 3.63) is 18.2 Å². The fourth-order valence-electron chi connectivity index (χ4n) is 2.52. The van der Waals surface area contributed by atoms with Crippen molar-refractivity contribution in [1.82, 2.24) is 14.9 Å². The first kappa shape index (κ1) is 15.3. The van der Waals surface area contributed by atoms with Crippen molar-refractivity contribution >= 4 is 23.5 Å². The fraction of sp³-hybridized carbons (Fsp3) is 0.786. The van der Waals surface area contributed by atoms with Crippen molar-refractivity contribution in [1.29, 1.82) is 0 Å². The Hall–Kier alpha value is -0.130. The smallest absolute Gasteiger partial charge is 0.109 e. The van der Waals surface area contributed by atoms with Crippen molar-refractivity contribution < 1.29 is 0 Å². The summed E-state index contributed by atoms with van der Waals surface area (Å²) in [5.41, 5.74) is 0. The Bertz CT molecular complexity index is 381. The topological polar surface area (TPSA) is 29.9 Å². The maximum absolute atomic E-state index is 4.49. The van der Waals surface area contributed by atoms with Gasteiger partial charge < -0.3 is 9.88 Å². The quantitative estimate of drug-likeness (QED) is 0.874. The van der Waals surface area contributed by atoms with Gasteiger partial charge in [0.25, 0.3) is 0 Å². The first-order valence-electron chi connectivity index (χ1n) is 7.15. The number of hydrogen-bond acceptors (Lipinski definition) is 4. The van der Waals surface area contributed by atoms with Crippen LogP contribution in [-0.4, -0.2) is 44.1 Å². The zero-order chi connectivity index (χ0) is 13.7. The minimum absolute atomic E-state index is 0.536. The number of hydrogen-bond donors (Lipinski definition) is 1. The van der Waals surface area contributed by atoms with E-state index in [1.807, 2.05) is 12.4 Å². The molecule has 108 valence electrons. The highest BCUT2D eigenvalue weighted by molar-refractivity contribution is 8.07. The van der Waals surface area contributed by atoms with E-state index in [9.17, 15) is 0 Å². The van der Waals surface area contributed by atoms with Gasteiger partial charge in [-0.25, -0.2) is 4.98 Å². The highest BCUT2D eigenvalue weighted by atomic mass is 32.2. The molecule has 2 rings (SSSR count). The molecule has 1 aliphatic heterocycles. The molecule has 1 aromatic rings. The normalized spacial score (nSPS) is 25.4. The van der Waals surface area contributed by atoms with E-state index in [4.69, 9.17) is 0 Å². The van der Waals surface area contributed by atoms with Crippen LogP contribution in [0.1, 0.15) is 26.1 Å². The predicted molar refractivity (Wildman–Crippen MR) is 87.2 cm³/mol. The van der Waals surface area contributed by atoms with Crippen LogP contribution >= 0.6 is 23.5 Å². The Morgan fingerprint density at radius 2 is 2.26 bits per heavy atom. The van der Waals surface area contributed by atoms with Crippen LogP contribution in [0.2, 0.25) is 0 Å². The average molecular weight is 300 g/mol. The molecule has 0 saturated carbocycles. The Kier molecular flexibility index (Phi) is 6.10.